The number of benzene rings is 1. The first kappa shape index (κ1) is 15.3. The number of hydrogen-bond donors (Lipinski definition) is 2. The molecule has 3 nitrogen and oxygen atoms in total. The van der Waals surface area contributed by atoms with E-state index >= 15 is 0 Å². The maximum Gasteiger partial charge on any atom is 0.251 e. The molecule has 1 aromatic heterocycles. The van der Waals surface area contributed by atoms with Gasteiger partial charge in [-0.05, 0) is 36.1 Å². The van der Waals surface area contributed by atoms with Gasteiger partial charge in [0.05, 0.1) is 16.1 Å². The number of amides is 1. The predicted octanol–water partition coefficient (Wildman–Crippen LogP) is 3.91. The number of halogens is 2. The Morgan fingerprint density at radius 2 is 2.10 bits per heavy atom. The molecule has 2 aromatic rings. The third-order valence-corrected chi connectivity index (χ3v) is 4.47. The van der Waals surface area contributed by atoms with Crippen molar-refractivity contribution in [3.63, 3.8) is 0 Å². The fourth-order valence-corrected chi connectivity index (χ4v) is 2.73. The van der Waals surface area contributed by atoms with Gasteiger partial charge in [-0.3, -0.25) is 4.79 Å². The summed E-state index contributed by atoms with van der Waals surface area (Å²) in [6.07, 6.45) is -0.0859. The highest BCUT2D eigenvalue weighted by atomic mass is 35.5. The van der Waals surface area contributed by atoms with E-state index in [-0.39, 0.29) is 5.91 Å². The molecule has 0 aliphatic rings. The molecule has 0 saturated heterocycles. The Hall–Kier alpha value is -1.07. The number of rotatable bonds is 5. The number of carbonyl (C=O) groups excluding carboxylic acids is 1. The van der Waals surface area contributed by atoms with Crippen molar-refractivity contribution in [3.05, 3.63) is 56.2 Å². The van der Waals surface area contributed by atoms with E-state index in [1.54, 1.807) is 12.1 Å². The monoisotopic (exact) mass is 329 g/mol. The van der Waals surface area contributed by atoms with Crippen LogP contribution in [0.1, 0.15) is 27.8 Å². The third kappa shape index (κ3) is 3.96. The number of thiophene rings is 1. The maximum absolute atomic E-state index is 11.9. The standard InChI is InChI=1S/C14H13Cl2NO2S/c15-10-4-3-9(8-11(10)16)14(19)17-6-5-12(18)13-2-1-7-20-13/h1-4,7-8,12,18H,5-6H2,(H,17,19)/t12-/m0/s1. The van der Waals surface area contributed by atoms with Gasteiger partial charge in [-0.15, -0.1) is 11.3 Å². The lowest BCUT2D eigenvalue weighted by Crippen LogP contribution is -2.25. The Morgan fingerprint density at radius 1 is 1.30 bits per heavy atom. The van der Waals surface area contributed by atoms with E-state index in [4.69, 9.17) is 23.2 Å². The quantitative estimate of drug-likeness (QED) is 0.873. The maximum atomic E-state index is 11.9. The molecule has 1 amide bonds. The minimum Gasteiger partial charge on any atom is -0.388 e. The molecule has 1 atom stereocenters. The number of aliphatic hydroxyl groups excluding tert-OH is 1. The molecular formula is C14H13Cl2NO2S. The summed E-state index contributed by atoms with van der Waals surface area (Å²) in [6, 6.07) is 8.47. The molecule has 0 saturated carbocycles. The zero-order chi connectivity index (χ0) is 14.5. The lowest BCUT2D eigenvalue weighted by Gasteiger charge is -2.10. The Kier molecular flexibility index (Phi) is 5.43. The van der Waals surface area contributed by atoms with Gasteiger partial charge in [-0.25, -0.2) is 0 Å². The molecule has 1 heterocycles. The van der Waals surface area contributed by atoms with Gasteiger partial charge < -0.3 is 10.4 Å². The van der Waals surface area contributed by atoms with E-state index in [2.05, 4.69) is 5.32 Å². The summed E-state index contributed by atoms with van der Waals surface area (Å²) in [7, 11) is 0. The minimum absolute atomic E-state index is 0.234. The van der Waals surface area contributed by atoms with E-state index in [1.165, 1.54) is 17.4 Å². The molecule has 0 unspecified atom stereocenters. The first-order chi connectivity index (χ1) is 9.58. The van der Waals surface area contributed by atoms with Crippen molar-refractivity contribution in [2.24, 2.45) is 0 Å². The first-order valence-corrected chi connectivity index (χ1v) is 7.66. The molecule has 0 fully saturated rings. The second-order valence-electron chi connectivity index (χ2n) is 4.20. The van der Waals surface area contributed by atoms with Gasteiger partial charge in [-0.1, -0.05) is 29.3 Å². The lowest BCUT2D eigenvalue weighted by atomic mass is 10.2. The number of hydrogen-bond acceptors (Lipinski definition) is 3. The predicted molar refractivity (Wildman–Crippen MR) is 82.7 cm³/mol. The van der Waals surface area contributed by atoms with Crippen LogP contribution in [-0.4, -0.2) is 17.6 Å². The smallest absolute Gasteiger partial charge is 0.251 e. The highest BCUT2D eigenvalue weighted by molar-refractivity contribution is 7.10. The summed E-state index contributed by atoms with van der Waals surface area (Å²) in [5, 5.41) is 15.3. The van der Waals surface area contributed by atoms with Crippen LogP contribution in [0.25, 0.3) is 0 Å². The van der Waals surface area contributed by atoms with Crippen LogP contribution >= 0.6 is 34.5 Å². The molecule has 2 N–H and O–H groups in total. The summed E-state index contributed by atoms with van der Waals surface area (Å²) < 4.78 is 0. The van der Waals surface area contributed by atoms with Crippen molar-refractivity contribution in [2.75, 3.05) is 6.54 Å². The Morgan fingerprint density at radius 3 is 2.75 bits per heavy atom. The normalized spacial score (nSPS) is 12.2. The number of carbonyl (C=O) groups is 1. The van der Waals surface area contributed by atoms with Crippen LogP contribution in [0.3, 0.4) is 0 Å². The molecule has 1 aromatic carbocycles. The molecule has 0 bridgehead atoms. The molecular weight excluding hydrogens is 317 g/mol. The van der Waals surface area contributed by atoms with Crippen molar-refractivity contribution in [1.29, 1.82) is 0 Å². The topological polar surface area (TPSA) is 49.3 Å². The largest absolute Gasteiger partial charge is 0.388 e. The molecule has 0 radical (unpaired) electrons. The van der Waals surface area contributed by atoms with Crippen molar-refractivity contribution >= 4 is 40.4 Å². The summed E-state index contributed by atoms with van der Waals surface area (Å²) in [5.74, 6) is -0.234. The van der Waals surface area contributed by atoms with Gasteiger partial charge in [0.15, 0.2) is 0 Å². The molecule has 2 rings (SSSR count). The molecule has 0 spiro atoms. The van der Waals surface area contributed by atoms with Crippen LogP contribution in [0.15, 0.2) is 35.7 Å². The summed E-state index contributed by atoms with van der Waals surface area (Å²) in [6.45, 7) is 0.387. The van der Waals surface area contributed by atoms with Gasteiger partial charge in [-0.2, -0.15) is 0 Å². The second-order valence-corrected chi connectivity index (χ2v) is 6.00. The average Bonchev–Trinajstić information content (AvgIpc) is 2.95. The van der Waals surface area contributed by atoms with Crippen molar-refractivity contribution in [1.82, 2.24) is 5.32 Å². The average molecular weight is 330 g/mol. The van der Waals surface area contributed by atoms with Crippen molar-refractivity contribution < 1.29 is 9.90 Å². The van der Waals surface area contributed by atoms with Crippen molar-refractivity contribution in [3.8, 4) is 0 Å². The van der Waals surface area contributed by atoms with E-state index in [0.29, 0.717) is 28.6 Å². The van der Waals surface area contributed by atoms with Crippen LogP contribution in [0, 0.1) is 0 Å². The van der Waals surface area contributed by atoms with Crippen LogP contribution in [0.2, 0.25) is 10.0 Å². The Labute approximate surface area is 131 Å². The van der Waals surface area contributed by atoms with Crippen LogP contribution < -0.4 is 5.32 Å². The highest BCUT2D eigenvalue weighted by Crippen LogP contribution is 2.23. The lowest BCUT2D eigenvalue weighted by molar-refractivity contribution is 0.0943. The van der Waals surface area contributed by atoms with E-state index in [0.717, 1.165) is 4.88 Å². The molecule has 20 heavy (non-hydrogen) atoms. The first-order valence-electron chi connectivity index (χ1n) is 6.02. The van der Waals surface area contributed by atoms with Gasteiger partial charge in [0.2, 0.25) is 0 Å². The number of nitrogens with one attached hydrogen (secondary N) is 1. The molecule has 0 aliphatic carbocycles. The van der Waals surface area contributed by atoms with Crippen molar-refractivity contribution in [2.45, 2.75) is 12.5 Å². The zero-order valence-corrected chi connectivity index (χ0v) is 12.8. The van der Waals surface area contributed by atoms with Gasteiger partial charge in [0.1, 0.15) is 0 Å². The van der Waals surface area contributed by atoms with Crippen LogP contribution in [-0.2, 0) is 0 Å². The van der Waals surface area contributed by atoms with Gasteiger partial charge in [0, 0.05) is 17.0 Å². The van der Waals surface area contributed by atoms with Crippen LogP contribution in [0.4, 0.5) is 0 Å². The summed E-state index contributed by atoms with van der Waals surface area (Å²) in [5.41, 5.74) is 0.449. The third-order valence-electron chi connectivity index (χ3n) is 2.76. The van der Waals surface area contributed by atoms with E-state index in [1.807, 2.05) is 17.5 Å². The minimum atomic E-state index is -0.552. The SMILES string of the molecule is O=C(NCC[C@H](O)c1cccs1)c1ccc(Cl)c(Cl)c1. The molecule has 0 aliphatic heterocycles. The summed E-state index contributed by atoms with van der Waals surface area (Å²) in [4.78, 5) is 12.8. The molecule has 6 heteroatoms. The number of aliphatic hydroxyl groups is 1. The fourth-order valence-electron chi connectivity index (χ4n) is 1.68. The second kappa shape index (κ2) is 7.09. The Balaban J connectivity index is 1.84. The fraction of sp³-hybridized carbons (Fsp3) is 0.214. The Bertz CT molecular complexity index is 587. The van der Waals surface area contributed by atoms with Gasteiger partial charge in [0.25, 0.3) is 5.91 Å². The van der Waals surface area contributed by atoms with E-state index < -0.39 is 6.10 Å². The van der Waals surface area contributed by atoms with Gasteiger partial charge >= 0.3 is 0 Å². The van der Waals surface area contributed by atoms with Crippen LogP contribution in [0.5, 0.6) is 0 Å². The summed E-state index contributed by atoms with van der Waals surface area (Å²) >= 11 is 13.1. The zero-order valence-electron chi connectivity index (χ0n) is 10.5. The highest BCUT2D eigenvalue weighted by Gasteiger charge is 2.11. The molecule has 106 valence electrons. The van der Waals surface area contributed by atoms with E-state index in [9.17, 15) is 9.90 Å².